The summed E-state index contributed by atoms with van der Waals surface area (Å²) in [6, 6.07) is 3.77. The van der Waals surface area contributed by atoms with Crippen molar-refractivity contribution in [3.8, 4) is 0 Å². The summed E-state index contributed by atoms with van der Waals surface area (Å²) in [5.74, 6) is -0.859. The average Bonchev–Trinajstić information content (AvgIpc) is 2.81. The van der Waals surface area contributed by atoms with E-state index in [2.05, 4.69) is 9.71 Å². The van der Waals surface area contributed by atoms with Crippen LogP contribution in [0.5, 0.6) is 0 Å². The second-order valence-electron chi connectivity index (χ2n) is 3.73. The van der Waals surface area contributed by atoms with Gasteiger partial charge in [0.05, 0.1) is 10.7 Å². The summed E-state index contributed by atoms with van der Waals surface area (Å²) in [5, 5.41) is 2.61. The molecule has 2 aromatic rings. The zero-order chi connectivity index (χ0) is 13.9. The number of benzene rings is 1. The van der Waals surface area contributed by atoms with Crippen molar-refractivity contribution in [1.82, 2.24) is 9.71 Å². The Morgan fingerprint density at radius 1 is 1.42 bits per heavy atom. The topological polar surface area (TPSA) is 85.1 Å². The van der Waals surface area contributed by atoms with Crippen LogP contribution in [0.15, 0.2) is 34.7 Å². The van der Waals surface area contributed by atoms with Crippen molar-refractivity contribution in [2.24, 2.45) is 0 Å². The molecule has 3 N–H and O–H groups in total. The number of aromatic nitrogens is 1. The fourth-order valence-corrected chi connectivity index (χ4v) is 3.39. The van der Waals surface area contributed by atoms with E-state index in [1.54, 1.807) is 11.6 Å². The number of sulfonamides is 1. The molecule has 0 spiro atoms. The van der Waals surface area contributed by atoms with Crippen molar-refractivity contribution in [1.29, 1.82) is 0 Å². The number of nitrogens with zero attached hydrogens (tertiary/aromatic N) is 1. The highest BCUT2D eigenvalue weighted by molar-refractivity contribution is 7.89. The van der Waals surface area contributed by atoms with Gasteiger partial charge in [0.1, 0.15) is 10.7 Å². The molecule has 0 bridgehead atoms. The Bertz CT molecular complexity index is 636. The summed E-state index contributed by atoms with van der Waals surface area (Å²) in [6.45, 7) is 0.142. The normalized spacial score (nSPS) is 11.6. The molecule has 2 rings (SSSR count). The summed E-state index contributed by atoms with van der Waals surface area (Å²) in [4.78, 5) is 3.52. The molecule has 1 aromatic carbocycles. The summed E-state index contributed by atoms with van der Waals surface area (Å²) in [5.41, 5.74) is 5.39. The first-order chi connectivity index (χ1) is 9.00. The fraction of sp³-hybridized carbons (Fsp3) is 0.182. The minimum absolute atomic E-state index is 0.109. The number of nitrogens with one attached hydrogen (secondary N) is 1. The van der Waals surface area contributed by atoms with Crippen molar-refractivity contribution in [3.63, 3.8) is 0 Å². The monoisotopic (exact) mass is 301 g/mol. The van der Waals surface area contributed by atoms with Crippen LogP contribution in [0.25, 0.3) is 0 Å². The van der Waals surface area contributed by atoms with Crippen LogP contribution in [-0.4, -0.2) is 19.9 Å². The fourth-order valence-electron chi connectivity index (χ4n) is 1.55. The van der Waals surface area contributed by atoms with Gasteiger partial charge in [0.25, 0.3) is 0 Å². The van der Waals surface area contributed by atoms with Gasteiger partial charge in [-0.25, -0.2) is 22.5 Å². The molecule has 0 fully saturated rings. The van der Waals surface area contributed by atoms with Gasteiger partial charge < -0.3 is 5.73 Å². The third-order valence-corrected chi connectivity index (χ3v) is 4.77. The van der Waals surface area contributed by atoms with Crippen molar-refractivity contribution in [2.75, 3.05) is 12.3 Å². The lowest BCUT2D eigenvalue weighted by Gasteiger charge is -2.09. The highest BCUT2D eigenvalue weighted by atomic mass is 32.2. The molecule has 19 heavy (non-hydrogen) atoms. The van der Waals surface area contributed by atoms with Gasteiger partial charge in [-0.3, -0.25) is 0 Å². The maximum Gasteiger partial charge on any atom is 0.245 e. The highest BCUT2D eigenvalue weighted by Crippen LogP contribution is 2.21. The Balaban J connectivity index is 2.10. The Morgan fingerprint density at radius 2 is 2.21 bits per heavy atom. The Labute approximate surface area is 114 Å². The van der Waals surface area contributed by atoms with Crippen LogP contribution in [0.2, 0.25) is 0 Å². The van der Waals surface area contributed by atoms with E-state index in [4.69, 9.17) is 5.73 Å². The second-order valence-corrected chi connectivity index (χ2v) is 6.41. The molecule has 1 aromatic heterocycles. The van der Waals surface area contributed by atoms with Gasteiger partial charge in [0.15, 0.2) is 0 Å². The largest absolute Gasteiger partial charge is 0.398 e. The number of hydrogen-bond donors (Lipinski definition) is 2. The van der Waals surface area contributed by atoms with Gasteiger partial charge >= 0.3 is 0 Å². The van der Waals surface area contributed by atoms with E-state index in [0.717, 1.165) is 11.1 Å². The second kappa shape index (κ2) is 5.64. The van der Waals surface area contributed by atoms with Crippen molar-refractivity contribution in [3.05, 3.63) is 40.6 Å². The molecule has 5 nitrogen and oxygen atoms in total. The zero-order valence-electron chi connectivity index (χ0n) is 9.84. The van der Waals surface area contributed by atoms with Crippen LogP contribution in [0.4, 0.5) is 10.1 Å². The van der Waals surface area contributed by atoms with E-state index in [1.165, 1.54) is 23.5 Å². The molecule has 102 valence electrons. The molecular formula is C11H12FN3O2S2. The minimum atomic E-state index is -3.95. The molecular weight excluding hydrogens is 289 g/mol. The summed E-state index contributed by atoms with van der Waals surface area (Å²) in [7, 11) is -3.95. The summed E-state index contributed by atoms with van der Waals surface area (Å²) < 4.78 is 39.8. The molecule has 8 heteroatoms. The van der Waals surface area contributed by atoms with E-state index in [0.29, 0.717) is 6.42 Å². The standard InChI is InChI=1S/C11H12FN3O2S2/c12-8-2-1-3-9(13)11(8)19(16,17)15-5-4-10-14-6-7-18-10/h1-3,6-7,15H,4-5,13H2. The smallest absolute Gasteiger partial charge is 0.245 e. The molecule has 0 saturated heterocycles. The molecule has 0 saturated carbocycles. The predicted octanol–water partition coefficient (Wildman–Crippen LogP) is 1.39. The van der Waals surface area contributed by atoms with Crippen molar-refractivity contribution in [2.45, 2.75) is 11.3 Å². The predicted molar refractivity (Wildman–Crippen MR) is 71.8 cm³/mol. The average molecular weight is 301 g/mol. The quantitative estimate of drug-likeness (QED) is 0.817. The number of thiazole rings is 1. The van der Waals surface area contributed by atoms with Gasteiger partial charge in [-0.05, 0) is 12.1 Å². The first kappa shape index (κ1) is 13.9. The van der Waals surface area contributed by atoms with Gasteiger partial charge in [-0.1, -0.05) is 6.07 Å². The van der Waals surface area contributed by atoms with Gasteiger partial charge in [-0.15, -0.1) is 11.3 Å². The third kappa shape index (κ3) is 3.28. The Kier molecular flexibility index (Phi) is 4.13. The molecule has 0 aliphatic heterocycles. The first-order valence-electron chi connectivity index (χ1n) is 5.43. The van der Waals surface area contributed by atoms with Crippen LogP contribution in [0, 0.1) is 5.82 Å². The maximum absolute atomic E-state index is 13.5. The van der Waals surface area contributed by atoms with Crippen molar-refractivity contribution >= 4 is 27.0 Å². The summed E-state index contributed by atoms with van der Waals surface area (Å²) >= 11 is 1.43. The number of rotatable bonds is 5. The van der Waals surface area contributed by atoms with Crippen LogP contribution in [-0.2, 0) is 16.4 Å². The van der Waals surface area contributed by atoms with Gasteiger partial charge in [-0.2, -0.15) is 0 Å². The SMILES string of the molecule is Nc1cccc(F)c1S(=O)(=O)NCCc1nccs1. The van der Waals surface area contributed by atoms with E-state index >= 15 is 0 Å². The van der Waals surface area contributed by atoms with Crippen LogP contribution in [0.1, 0.15) is 5.01 Å². The molecule has 0 amide bonds. The van der Waals surface area contributed by atoms with E-state index in [-0.39, 0.29) is 12.2 Å². The molecule has 1 heterocycles. The first-order valence-corrected chi connectivity index (χ1v) is 7.79. The zero-order valence-corrected chi connectivity index (χ0v) is 11.5. The van der Waals surface area contributed by atoms with Crippen LogP contribution in [0.3, 0.4) is 0 Å². The molecule has 0 aliphatic rings. The van der Waals surface area contributed by atoms with Gasteiger partial charge in [0, 0.05) is 24.5 Å². The number of halogens is 1. The van der Waals surface area contributed by atoms with E-state index in [1.807, 2.05) is 0 Å². The molecule has 0 radical (unpaired) electrons. The minimum Gasteiger partial charge on any atom is -0.398 e. The lowest BCUT2D eigenvalue weighted by molar-refractivity contribution is 0.558. The summed E-state index contributed by atoms with van der Waals surface area (Å²) in [6.07, 6.45) is 2.09. The Morgan fingerprint density at radius 3 is 2.84 bits per heavy atom. The maximum atomic E-state index is 13.5. The van der Waals surface area contributed by atoms with Crippen molar-refractivity contribution < 1.29 is 12.8 Å². The van der Waals surface area contributed by atoms with E-state index in [9.17, 15) is 12.8 Å². The Hall–Kier alpha value is -1.51. The lowest BCUT2D eigenvalue weighted by atomic mass is 10.3. The lowest BCUT2D eigenvalue weighted by Crippen LogP contribution is -2.27. The molecule has 0 atom stereocenters. The number of anilines is 1. The molecule has 0 aliphatic carbocycles. The van der Waals surface area contributed by atoms with Crippen LogP contribution < -0.4 is 10.5 Å². The number of hydrogen-bond acceptors (Lipinski definition) is 5. The molecule has 0 unspecified atom stereocenters. The number of nitrogen functional groups attached to an aromatic ring is 1. The third-order valence-electron chi connectivity index (χ3n) is 2.38. The van der Waals surface area contributed by atoms with E-state index < -0.39 is 20.7 Å². The highest BCUT2D eigenvalue weighted by Gasteiger charge is 2.21. The number of nitrogens with two attached hydrogens (primary N) is 1. The van der Waals surface area contributed by atoms with Crippen LogP contribution >= 0.6 is 11.3 Å². The van der Waals surface area contributed by atoms with Gasteiger partial charge in [0.2, 0.25) is 10.0 Å².